The van der Waals surface area contributed by atoms with Gasteiger partial charge in [0.25, 0.3) is 0 Å². The van der Waals surface area contributed by atoms with Gasteiger partial charge in [-0.3, -0.25) is 4.79 Å². The van der Waals surface area contributed by atoms with Gasteiger partial charge in [0.1, 0.15) is 0 Å². The second kappa shape index (κ2) is 11.1. The number of benzene rings is 2. The Labute approximate surface area is 282 Å². The molecule has 0 amide bonds. The highest BCUT2D eigenvalue weighted by atomic mass is 16.4. The van der Waals surface area contributed by atoms with E-state index in [9.17, 15) is 14.7 Å². The molecule has 2 aromatic carbocycles. The van der Waals surface area contributed by atoms with Crippen LogP contribution in [0.1, 0.15) is 124 Å². The van der Waals surface area contributed by atoms with Gasteiger partial charge in [0, 0.05) is 16.5 Å². The van der Waals surface area contributed by atoms with Crippen molar-refractivity contribution in [2.45, 2.75) is 92.4 Å². The number of carboxylic acid groups (broad SMARTS) is 1. The zero-order valence-electron chi connectivity index (χ0n) is 29.1. The maximum absolute atomic E-state index is 11.8. The quantitative estimate of drug-likeness (QED) is 0.208. The monoisotopic (exact) mass is 628 g/mol. The van der Waals surface area contributed by atoms with Gasteiger partial charge in [-0.15, -0.1) is 6.58 Å². The van der Waals surface area contributed by atoms with Gasteiger partial charge < -0.3 is 5.11 Å². The summed E-state index contributed by atoms with van der Waals surface area (Å²) >= 11 is 0. The first-order valence-electron chi connectivity index (χ1n) is 18.1. The van der Waals surface area contributed by atoms with Gasteiger partial charge in [0.2, 0.25) is 0 Å². The SMILES string of the molecule is C=CC1CCC2(C#Cc3ccccc3C=O)CC[C@]3(C)C(CCC4C5(C)CC=C(c6ccc(C(=O)O)cc6)C(C)(C)C5CCC43C)C12. The molecule has 2 aromatic rings. The van der Waals surface area contributed by atoms with Crippen molar-refractivity contribution in [1.29, 1.82) is 0 Å². The molecule has 0 saturated heterocycles. The van der Waals surface area contributed by atoms with Crippen molar-refractivity contribution in [3.05, 3.63) is 89.5 Å². The van der Waals surface area contributed by atoms with Crippen LogP contribution in [0, 0.1) is 68.5 Å². The van der Waals surface area contributed by atoms with Crippen LogP contribution in [0.2, 0.25) is 0 Å². The van der Waals surface area contributed by atoms with Gasteiger partial charge in [-0.05, 0) is 138 Å². The second-order valence-electron chi connectivity index (χ2n) is 17.2. The minimum atomic E-state index is -0.871. The molecule has 3 heteroatoms. The zero-order valence-corrected chi connectivity index (χ0v) is 29.1. The van der Waals surface area contributed by atoms with Crippen LogP contribution >= 0.6 is 0 Å². The molecule has 0 bridgehead atoms. The van der Waals surface area contributed by atoms with E-state index in [1.165, 1.54) is 49.7 Å². The molecule has 4 fully saturated rings. The Morgan fingerprint density at radius 3 is 2.32 bits per heavy atom. The molecule has 1 N–H and O–H groups in total. The molecular formula is C44H52O3. The number of allylic oxidation sites excluding steroid dienone is 3. The van der Waals surface area contributed by atoms with Crippen LogP contribution in [0.25, 0.3) is 5.57 Å². The van der Waals surface area contributed by atoms with Crippen LogP contribution in [0.3, 0.4) is 0 Å². The summed E-state index contributed by atoms with van der Waals surface area (Å²) in [6.07, 6.45) is 16.5. The Kier molecular flexibility index (Phi) is 7.59. The molecule has 3 nitrogen and oxygen atoms in total. The summed E-state index contributed by atoms with van der Waals surface area (Å²) in [5.41, 5.74) is 5.16. The molecule has 5 aliphatic rings. The number of carboxylic acids is 1. The topological polar surface area (TPSA) is 54.4 Å². The summed E-state index contributed by atoms with van der Waals surface area (Å²) in [5.74, 6) is 9.41. The standard InChI is InChI=1S/C44H52O3/c1-7-29-18-24-44(25-19-30-10-8-9-11-33(30)28-45)27-26-42(5)35(38(29)44)16-17-37-41(4)22-20-34(31-12-14-32(15-13-31)39(46)47)40(2,3)36(41)21-23-43(37,42)6/h7-15,20,28-29,35-38H,1,16-18,21-24,26-27H2,2-6H3,(H,46,47)/t29?,35?,36?,37?,38?,41?,42-,43?,44?/m1/s1. The summed E-state index contributed by atoms with van der Waals surface area (Å²) in [7, 11) is 0. The highest BCUT2D eigenvalue weighted by Gasteiger charge is 2.70. The Bertz CT molecular complexity index is 1700. The van der Waals surface area contributed by atoms with Gasteiger partial charge >= 0.3 is 5.97 Å². The fourth-order valence-electron chi connectivity index (χ4n) is 12.9. The van der Waals surface area contributed by atoms with Gasteiger partial charge in [-0.25, -0.2) is 4.79 Å². The molecular weight excluding hydrogens is 576 g/mol. The molecule has 0 aliphatic heterocycles. The number of hydrogen-bond acceptors (Lipinski definition) is 2. The van der Waals surface area contributed by atoms with Crippen molar-refractivity contribution < 1.29 is 14.7 Å². The van der Waals surface area contributed by atoms with Crippen molar-refractivity contribution in [1.82, 2.24) is 0 Å². The smallest absolute Gasteiger partial charge is 0.335 e. The summed E-state index contributed by atoms with van der Waals surface area (Å²) in [5, 5.41) is 9.46. The van der Waals surface area contributed by atoms with E-state index in [4.69, 9.17) is 0 Å². The molecule has 47 heavy (non-hydrogen) atoms. The van der Waals surface area contributed by atoms with Crippen molar-refractivity contribution in [2.24, 2.45) is 56.7 Å². The molecule has 246 valence electrons. The molecule has 0 heterocycles. The van der Waals surface area contributed by atoms with Crippen LogP contribution in [-0.2, 0) is 0 Å². The van der Waals surface area contributed by atoms with Gasteiger partial charge in [-0.2, -0.15) is 0 Å². The number of carbonyl (C=O) groups is 2. The van der Waals surface area contributed by atoms with Crippen LogP contribution < -0.4 is 0 Å². The van der Waals surface area contributed by atoms with Crippen LogP contribution in [0.5, 0.6) is 0 Å². The lowest BCUT2D eigenvalue weighted by molar-refractivity contribution is -0.220. The first-order valence-corrected chi connectivity index (χ1v) is 18.1. The molecule has 5 aliphatic carbocycles. The third-order valence-electron chi connectivity index (χ3n) is 15.3. The van der Waals surface area contributed by atoms with Gasteiger partial charge in [0.05, 0.1) is 5.56 Å². The average molecular weight is 629 g/mol. The second-order valence-corrected chi connectivity index (χ2v) is 17.2. The normalized spacial score (nSPS) is 39.9. The van der Waals surface area contributed by atoms with Crippen LogP contribution in [0.4, 0.5) is 0 Å². The van der Waals surface area contributed by atoms with E-state index in [1.54, 1.807) is 12.1 Å². The lowest BCUT2D eigenvalue weighted by Crippen LogP contribution is -2.65. The first kappa shape index (κ1) is 32.2. The van der Waals surface area contributed by atoms with Crippen molar-refractivity contribution in [3.63, 3.8) is 0 Å². The van der Waals surface area contributed by atoms with E-state index >= 15 is 0 Å². The predicted molar refractivity (Wildman–Crippen MR) is 190 cm³/mol. The minimum absolute atomic E-state index is 0.00529. The highest BCUT2D eigenvalue weighted by molar-refractivity contribution is 5.88. The molecule has 7 rings (SSSR count). The molecule has 4 saturated carbocycles. The van der Waals surface area contributed by atoms with Crippen LogP contribution in [0.15, 0.2) is 67.3 Å². The van der Waals surface area contributed by atoms with Crippen molar-refractivity contribution in [3.8, 4) is 11.8 Å². The molecule has 8 unspecified atom stereocenters. The van der Waals surface area contributed by atoms with E-state index in [0.29, 0.717) is 40.7 Å². The van der Waals surface area contributed by atoms with E-state index in [2.05, 4.69) is 65.2 Å². The largest absolute Gasteiger partial charge is 0.478 e. The molecule has 0 radical (unpaired) electrons. The number of hydrogen-bond donors (Lipinski definition) is 1. The number of carbonyl (C=O) groups excluding carboxylic acids is 1. The Hall–Kier alpha value is -3.38. The summed E-state index contributed by atoms with van der Waals surface area (Å²) in [6, 6.07) is 15.3. The molecule has 0 aromatic heterocycles. The lowest BCUT2D eigenvalue weighted by atomic mass is 9.32. The Morgan fingerprint density at radius 2 is 1.62 bits per heavy atom. The van der Waals surface area contributed by atoms with E-state index in [1.807, 2.05) is 36.4 Å². The summed E-state index contributed by atoms with van der Waals surface area (Å²) in [6.45, 7) is 17.2. The van der Waals surface area contributed by atoms with Crippen LogP contribution in [-0.4, -0.2) is 17.4 Å². The fourth-order valence-corrected chi connectivity index (χ4v) is 12.9. The number of aromatic carboxylic acids is 1. The van der Waals surface area contributed by atoms with E-state index < -0.39 is 5.97 Å². The van der Waals surface area contributed by atoms with Crippen molar-refractivity contribution in [2.75, 3.05) is 0 Å². The maximum atomic E-state index is 11.8. The minimum Gasteiger partial charge on any atom is -0.478 e. The Balaban J connectivity index is 1.23. The first-order chi connectivity index (χ1) is 22.3. The van der Waals surface area contributed by atoms with Gasteiger partial charge in [0.15, 0.2) is 6.29 Å². The third kappa shape index (κ3) is 4.53. The number of fused-ring (bicyclic) bond motifs is 7. The number of rotatable bonds is 4. The third-order valence-corrected chi connectivity index (χ3v) is 15.3. The zero-order chi connectivity index (χ0) is 33.4. The summed E-state index contributed by atoms with van der Waals surface area (Å²) in [4.78, 5) is 23.3. The molecule has 9 atom stereocenters. The van der Waals surface area contributed by atoms with Gasteiger partial charge in [-0.1, -0.05) is 88.9 Å². The molecule has 0 spiro atoms. The van der Waals surface area contributed by atoms with E-state index in [0.717, 1.165) is 31.1 Å². The average Bonchev–Trinajstić information content (AvgIpc) is 3.43. The number of aldehydes is 1. The highest BCUT2D eigenvalue weighted by Crippen LogP contribution is 2.77. The lowest BCUT2D eigenvalue weighted by Gasteiger charge is -2.72. The van der Waals surface area contributed by atoms with E-state index in [-0.39, 0.29) is 27.1 Å². The van der Waals surface area contributed by atoms with Crippen molar-refractivity contribution >= 4 is 17.8 Å². The Morgan fingerprint density at radius 1 is 0.872 bits per heavy atom. The summed E-state index contributed by atoms with van der Waals surface area (Å²) < 4.78 is 0. The fraction of sp³-hybridized carbons (Fsp3) is 0.545. The maximum Gasteiger partial charge on any atom is 0.335 e. The predicted octanol–water partition coefficient (Wildman–Crippen LogP) is 10.5.